The van der Waals surface area contributed by atoms with Crippen molar-refractivity contribution in [1.82, 2.24) is 0 Å². The molecule has 4 aliphatic carbocycles. The summed E-state index contributed by atoms with van der Waals surface area (Å²) in [7, 11) is 1.43. The Morgan fingerprint density at radius 2 is 1.33 bits per heavy atom. The molecule has 4 fully saturated rings. The number of fused-ring (bicyclic) bond motifs is 7. The minimum Gasteiger partial charge on any atom is -0.508 e. The Bertz CT molecular complexity index is 2160. The van der Waals surface area contributed by atoms with E-state index in [2.05, 4.69) is 20.8 Å². The third-order valence-corrected chi connectivity index (χ3v) is 15.0. The smallest absolute Gasteiger partial charge is 0.508 e. The van der Waals surface area contributed by atoms with Crippen molar-refractivity contribution in [2.45, 2.75) is 97.2 Å². The topological polar surface area (TPSA) is 138 Å². The summed E-state index contributed by atoms with van der Waals surface area (Å²) in [6.45, 7) is 6.95. The van der Waals surface area contributed by atoms with Crippen molar-refractivity contribution >= 4 is 39.8 Å². The number of hydrogen-bond donors (Lipinski definition) is 2. The number of benzene rings is 4. The van der Waals surface area contributed by atoms with Crippen LogP contribution in [-0.2, 0) is 19.0 Å². The summed E-state index contributed by atoms with van der Waals surface area (Å²) in [6.07, 6.45) is 6.19. The van der Waals surface area contributed by atoms with Crippen molar-refractivity contribution in [2.24, 2.45) is 46.3 Å². The van der Waals surface area contributed by atoms with E-state index in [1.807, 2.05) is 24.3 Å². The van der Waals surface area contributed by atoms with Crippen molar-refractivity contribution < 1.29 is 48.3 Å². The van der Waals surface area contributed by atoms with Gasteiger partial charge in [0.25, 0.3) is 0 Å². The average molecular weight is 779 g/mol. The number of phenolic OH excluding ortho intramolecular Hbond substituents is 2. The van der Waals surface area contributed by atoms with Crippen LogP contribution >= 0.6 is 0 Å². The average Bonchev–Trinajstić information content (AvgIpc) is 3.55. The highest BCUT2D eigenvalue weighted by Crippen LogP contribution is 2.69. The maximum absolute atomic E-state index is 13.8. The Balaban J connectivity index is 0.992. The molecule has 10 nitrogen and oxygen atoms in total. The van der Waals surface area contributed by atoms with Gasteiger partial charge < -0.3 is 33.9 Å². The quantitative estimate of drug-likeness (QED) is 0.101. The minimum atomic E-state index is -0.734. The fourth-order valence-corrected chi connectivity index (χ4v) is 12.1. The summed E-state index contributed by atoms with van der Waals surface area (Å²) in [5, 5.41) is 23.3. The van der Waals surface area contributed by atoms with E-state index in [-0.39, 0.29) is 46.2 Å². The van der Waals surface area contributed by atoms with Gasteiger partial charge in [-0.05, 0) is 169 Å². The first-order valence-electron chi connectivity index (χ1n) is 20.6. The highest BCUT2D eigenvalue weighted by atomic mass is 16.7. The minimum absolute atomic E-state index is 0.0329. The second-order valence-corrected chi connectivity index (χ2v) is 17.7. The van der Waals surface area contributed by atoms with Gasteiger partial charge in [0, 0.05) is 11.8 Å². The third-order valence-electron chi connectivity index (χ3n) is 15.0. The zero-order valence-corrected chi connectivity index (χ0v) is 33.3. The lowest BCUT2D eigenvalue weighted by Crippen LogP contribution is -2.59. The maximum atomic E-state index is 13.8. The number of esters is 1. The monoisotopic (exact) mass is 778 g/mol. The molecule has 57 heavy (non-hydrogen) atoms. The third kappa shape index (κ3) is 7.48. The van der Waals surface area contributed by atoms with Gasteiger partial charge in [0.1, 0.15) is 35.2 Å². The van der Waals surface area contributed by atoms with Crippen molar-refractivity contribution in [3.63, 3.8) is 0 Å². The molecule has 2 N–H and O–H groups in total. The second-order valence-electron chi connectivity index (χ2n) is 17.7. The summed E-state index contributed by atoms with van der Waals surface area (Å²) >= 11 is 0. The molecule has 4 saturated carbocycles. The molecule has 4 aromatic rings. The second kappa shape index (κ2) is 15.4. The highest BCUT2D eigenvalue weighted by molar-refractivity contribution is 5.86. The van der Waals surface area contributed by atoms with Crippen LogP contribution in [0, 0.1) is 46.3 Å². The van der Waals surface area contributed by atoms with E-state index in [9.17, 15) is 24.6 Å². The van der Waals surface area contributed by atoms with Gasteiger partial charge in [-0.1, -0.05) is 45.0 Å². The molecule has 0 radical (unpaired) electrons. The summed E-state index contributed by atoms with van der Waals surface area (Å²) < 4.78 is 28.9. The lowest BCUT2D eigenvalue weighted by molar-refractivity contribution is -0.178. The van der Waals surface area contributed by atoms with Gasteiger partial charge >= 0.3 is 18.3 Å². The number of rotatable bonds is 8. The van der Waals surface area contributed by atoms with E-state index < -0.39 is 18.4 Å². The van der Waals surface area contributed by atoms with E-state index >= 15 is 0 Å². The number of aromatic hydroxyl groups is 2. The van der Waals surface area contributed by atoms with Gasteiger partial charge in [0.2, 0.25) is 0 Å². The Morgan fingerprint density at radius 1 is 0.719 bits per heavy atom. The summed E-state index contributed by atoms with van der Waals surface area (Å²) in [5.74, 6) is 2.71. The van der Waals surface area contributed by atoms with Crippen LogP contribution in [0.1, 0.15) is 85.0 Å². The highest BCUT2D eigenvalue weighted by Gasteiger charge is 2.65. The predicted molar refractivity (Wildman–Crippen MR) is 214 cm³/mol. The molecule has 0 amide bonds. The molecule has 4 aliphatic rings. The van der Waals surface area contributed by atoms with E-state index in [0.29, 0.717) is 48.0 Å². The number of ether oxygens (including phenoxy) is 5. The van der Waals surface area contributed by atoms with Crippen LogP contribution in [0.25, 0.3) is 21.5 Å². The molecule has 8 rings (SSSR count). The molecule has 10 atom stereocenters. The molecule has 0 unspecified atom stereocenters. The van der Waals surface area contributed by atoms with E-state index in [4.69, 9.17) is 23.7 Å². The molecule has 302 valence electrons. The Morgan fingerprint density at radius 3 is 1.96 bits per heavy atom. The van der Waals surface area contributed by atoms with Crippen LogP contribution in [0.2, 0.25) is 0 Å². The van der Waals surface area contributed by atoms with Crippen molar-refractivity contribution in [1.29, 1.82) is 0 Å². The molecule has 0 spiro atoms. The lowest BCUT2D eigenvalue weighted by atomic mass is 9.43. The number of hydrogen-bond acceptors (Lipinski definition) is 10. The first-order chi connectivity index (χ1) is 27.3. The number of methoxy groups -OCH3 is 1. The van der Waals surface area contributed by atoms with Crippen LogP contribution in [0.5, 0.6) is 23.0 Å². The first kappa shape index (κ1) is 38.9. The molecular formula is C47H54O10. The van der Waals surface area contributed by atoms with Crippen molar-refractivity contribution in [3.05, 3.63) is 72.8 Å². The fraction of sp³-hybridized carbons (Fsp3) is 0.511. The van der Waals surface area contributed by atoms with Crippen LogP contribution in [-0.4, -0.2) is 47.8 Å². The molecule has 0 saturated heterocycles. The lowest BCUT2D eigenvalue weighted by Gasteiger charge is -2.62. The first-order valence-corrected chi connectivity index (χ1v) is 20.6. The summed E-state index contributed by atoms with van der Waals surface area (Å²) in [4.78, 5) is 39.0. The predicted octanol–water partition coefficient (Wildman–Crippen LogP) is 10.7. The van der Waals surface area contributed by atoms with Crippen molar-refractivity contribution in [2.75, 3.05) is 7.11 Å². The zero-order valence-electron chi connectivity index (χ0n) is 33.3. The largest absolute Gasteiger partial charge is 0.514 e. The molecular weight excluding hydrogens is 725 g/mol. The van der Waals surface area contributed by atoms with Gasteiger partial charge in [-0.25, -0.2) is 9.59 Å². The summed E-state index contributed by atoms with van der Waals surface area (Å²) in [5.41, 5.74) is -0.339. The van der Waals surface area contributed by atoms with Gasteiger partial charge in [-0.2, -0.15) is 0 Å². The van der Waals surface area contributed by atoms with Crippen LogP contribution < -0.4 is 9.47 Å². The zero-order chi connectivity index (χ0) is 40.1. The molecule has 0 bridgehead atoms. The Labute approximate surface area is 333 Å². The molecule has 0 aliphatic heterocycles. The SMILES string of the molecule is COC(=O)CC[C@@H](C)[C@H]1CC[C@H]2[C@@H]3CC[C@@H]4C[C@H](OC(=O)Oc5ccc6ccc(O)cc6c5)CC[C@]4(C)[C@H]3C[C@H](OC(=O)Oc3ccc4ccc(O)cc4c3)[C@]12C. The molecule has 0 aromatic heterocycles. The van der Waals surface area contributed by atoms with Crippen LogP contribution in [0.4, 0.5) is 9.59 Å². The Hall–Kier alpha value is -4.99. The van der Waals surface area contributed by atoms with Gasteiger partial charge in [-0.3, -0.25) is 4.79 Å². The van der Waals surface area contributed by atoms with Crippen LogP contribution in [0.15, 0.2) is 72.8 Å². The maximum Gasteiger partial charge on any atom is 0.514 e. The van der Waals surface area contributed by atoms with E-state index in [1.165, 1.54) is 7.11 Å². The number of carbonyl (C=O) groups excluding carboxylic acids is 3. The molecule has 10 heteroatoms. The molecule has 0 heterocycles. The fourth-order valence-electron chi connectivity index (χ4n) is 12.1. The standard InChI is InChI=1S/C47H54O10/c1-27(5-18-43(50)53-4)39-16-17-40-38-15-10-32-25-37(56-44(51)54-35-13-8-28-6-11-33(48)21-30(28)23-35)19-20-46(32,2)41(38)26-42(47(39,40)3)57-45(52)55-36-14-9-29-7-12-34(49)22-31(29)24-36/h6-9,11-14,21-24,27,32,37-42,48-49H,5,10,15-20,25-26H2,1-4H3/t27-,32-,37-,38+,39-,40+,41+,42+,46+,47-/m1/s1. The number of phenols is 2. The number of carbonyl (C=O) groups is 3. The van der Waals surface area contributed by atoms with E-state index in [1.54, 1.807) is 48.5 Å². The van der Waals surface area contributed by atoms with Crippen molar-refractivity contribution in [3.8, 4) is 23.0 Å². The summed E-state index contributed by atoms with van der Waals surface area (Å²) in [6, 6.07) is 20.8. The van der Waals surface area contributed by atoms with Gasteiger partial charge in [0.05, 0.1) is 7.11 Å². The van der Waals surface area contributed by atoms with Gasteiger partial charge in [-0.15, -0.1) is 0 Å². The van der Waals surface area contributed by atoms with E-state index in [0.717, 1.165) is 72.9 Å². The van der Waals surface area contributed by atoms with Crippen LogP contribution in [0.3, 0.4) is 0 Å². The molecule has 4 aromatic carbocycles. The van der Waals surface area contributed by atoms with Gasteiger partial charge in [0.15, 0.2) is 0 Å². The normalized spacial score (nSPS) is 31.0. The Kier molecular flexibility index (Phi) is 10.5.